The molecule has 0 amide bonds. The number of benzene rings is 1. The minimum atomic E-state index is 0.766. The Kier molecular flexibility index (Phi) is 5.93. The monoisotopic (exact) mass is 292 g/mol. The molecule has 0 saturated carbocycles. The molecule has 0 aliphatic heterocycles. The van der Waals surface area contributed by atoms with Gasteiger partial charge in [0.25, 0.3) is 0 Å². The van der Waals surface area contributed by atoms with E-state index >= 15 is 0 Å². The maximum atomic E-state index is 5.98. The van der Waals surface area contributed by atoms with Crippen molar-refractivity contribution in [2.75, 3.05) is 6.61 Å². The van der Waals surface area contributed by atoms with Crippen LogP contribution in [-0.2, 0) is 6.42 Å². The van der Waals surface area contributed by atoms with Crippen LogP contribution in [0.5, 0.6) is 5.75 Å². The Morgan fingerprint density at radius 2 is 2.05 bits per heavy atom. The van der Waals surface area contributed by atoms with Gasteiger partial charge in [0.2, 0.25) is 0 Å². The molecule has 4 heteroatoms. The van der Waals surface area contributed by atoms with Gasteiger partial charge < -0.3 is 9.72 Å². The molecule has 2 aromatic rings. The summed E-state index contributed by atoms with van der Waals surface area (Å²) in [5, 5.41) is 0.787. The van der Waals surface area contributed by atoms with E-state index in [0.717, 1.165) is 41.6 Å². The molecule has 0 bridgehead atoms. The van der Waals surface area contributed by atoms with Crippen LogP contribution in [0, 0.1) is 6.92 Å². The van der Waals surface area contributed by atoms with Crippen LogP contribution in [0.2, 0.25) is 5.02 Å². The molecule has 1 aromatic carbocycles. The van der Waals surface area contributed by atoms with Crippen molar-refractivity contribution in [1.82, 2.24) is 9.97 Å². The topological polar surface area (TPSA) is 37.9 Å². The number of nitrogens with one attached hydrogen (secondary N) is 1. The van der Waals surface area contributed by atoms with Gasteiger partial charge in [0.1, 0.15) is 11.6 Å². The Bertz CT molecular complexity index is 511. The SMILES string of the molecule is Cc1cc(OCCCCCCc2ncc[nH]2)ccc1Cl. The fourth-order valence-corrected chi connectivity index (χ4v) is 2.20. The van der Waals surface area contributed by atoms with E-state index in [9.17, 15) is 0 Å². The lowest BCUT2D eigenvalue weighted by Gasteiger charge is -2.07. The summed E-state index contributed by atoms with van der Waals surface area (Å²) in [6, 6.07) is 5.79. The summed E-state index contributed by atoms with van der Waals surface area (Å²) < 4.78 is 5.72. The van der Waals surface area contributed by atoms with E-state index in [-0.39, 0.29) is 0 Å². The summed E-state index contributed by atoms with van der Waals surface area (Å²) in [5.41, 5.74) is 1.06. The van der Waals surface area contributed by atoms with Gasteiger partial charge in [-0.3, -0.25) is 0 Å². The molecule has 1 N–H and O–H groups in total. The molecule has 1 aromatic heterocycles. The normalized spacial score (nSPS) is 10.7. The lowest BCUT2D eigenvalue weighted by atomic mass is 10.1. The summed E-state index contributed by atoms with van der Waals surface area (Å²) in [4.78, 5) is 7.34. The Morgan fingerprint density at radius 3 is 2.80 bits per heavy atom. The maximum Gasteiger partial charge on any atom is 0.119 e. The molecular formula is C16H21ClN2O. The smallest absolute Gasteiger partial charge is 0.119 e. The van der Waals surface area contributed by atoms with Crippen molar-refractivity contribution >= 4 is 11.6 Å². The second-order valence-corrected chi connectivity index (χ2v) is 5.37. The number of hydrogen-bond acceptors (Lipinski definition) is 2. The largest absolute Gasteiger partial charge is 0.494 e. The number of unbranched alkanes of at least 4 members (excludes halogenated alkanes) is 3. The highest BCUT2D eigenvalue weighted by atomic mass is 35.5. The van der Waals surface area contributed by atoms with Crippen LogP contribution >= 0.6 is 11.6 Å². The lowest BCUT2D eigenvalue weighted by molar-refractivity contribution is 0.304. The number of hydrogen-bond donors (Lipinski definition) is 1. The van der Waals surface area contributed by atoms with Crippen LogP contribution in [0.1, 0.15) is 37.1 Å². The number of halogens is 1. The molecule has 20 heavy (non-hydrogen) atoms. The zero-order chi connectivity index (χ0) is 14.2. The third-order valence-corrected chi connectivity index (χ3v) is 3.68. The molecule has 0 atom stereocenters. The molecule has 108 valence electrons. The van der Waals surface area contributed by atoms with E-state index in [1.165, 1.54) is 19.3 Å². The highest BCUT2D eigenvalue weighted by molar-refractivity contribution is 6.31. The molecule has 0 unspecified atom stereocenters. The van der Waals surface area contributed by atoms with E-state index in [1.807, 2.05) is 31.3 Å². The Balaban J connectivity index is 1.54. The fourth-order valence-electron chi connectivity index (χ4n) is 2.08. The minimum Gasteiger partial charge on any atom is -0.494 e. The van der Waals surface area contributed by atoms with Crippen molar-refractivity contribution in [2.24, 2.45) is 0 Å². The predicted molar refractivity (Wildman–Crippen MR) is 82.4 cm³/mol. The molecule has 0 fully saturated rings. The lowest BCUT2D eigenvalue weighted by Crippen LogP contribution is -1.98. The molecule has 0 radical (unpaired) electrons. The van der Waals surface area contributed by atoms with Gasteiger partial charge in [-0.05, 0) is 43.5 Å². The standard InChI is InChI=1S/C16H21ClN2O/c1-13-12-14(7-8-15(13)17)20-11-5-3-2-4-6-16-18-9-10-19-16/h7-10,12H,2-6,11H2,1H3,(H,18,19). The first-order chi connectivity index (χ1) is 9.75. The van der Waals surface area contributed by atoms with Crippen molar-refractivity contribution in [1.29, 1.82) is 0 Å². The van der Waals surface area contributed by atoms with Gasteiger partial charge in [0, 0.05) is 23.8 Å². The van der Waals surface area contributed by atoms with E-state index in [2.05, 4.69) is 9.97 Å². The van der Waals surface area contributed by atoms with Crippen LogP contribution in [-0.4, -0.2) is 16.6 Å². The van der Waals surface area contributed by atoms with Crippen molar-refractivity contribution in [3.05, 3.63) is 47.0 Å². The van der Waals surface area contributed by atoms with Crippen LogP contribution in [0.25, 0.3) is 0 Å². The fraction of sp³-hybridized carbons (Fsp3) is 0.438. The van der Waals surface area contributed by atoms with Gasteiger partial charge in [-0.15, -0.1) is 0 Å². The Labute approximate surface area is 125 Å². The number of aromatic amines is 1. The Morgan fingerprint density at radius 1 is 1.20 bits per heavy atom. The van der Waals surface area contributed by atoms with E-state index in [1.54, 1.807) is 6.20 Å². The summed E-state index contributed by atoms with van der Waals surface area (Å²) in [7, 11) is 0. The van der Waals surface area contributed by atoms with Crippen molar-refractivity contribution in [2.45, 2.75) is 39.0 Å². The Hall–Kier alpha value is -1.48. The molecule has 0 aliphatic rings. The third kappa shape index (κ3) is 4.89. The predicted octanol–water partition coefficient (Wildman–Crippen LogP) is 4.55. The van der Waals surface area contributed by atoms with Gasteiger partial charge in [0.15, 0.2) is 0 Å². The summed E-state index contributed by atoms with van der Waals surface area (Å²) in [6.07, 6.45) is 9.36. The average Bonchev–Trinajstić information content (AvgIpc) is 2.95. The quantitative estimate of drug-likeness (QED) is 0.725. The van der Waals surface area contributed by atoms with Crippen LogP contribution in [0.15, 0.2) is 30.6 Å². The minimum absolute atomic E-state index is 0.766. The average molecular weight is 293 g/mol. The van der Waals surface area contributed by atoms with Crippen LogP contribution in [0.4, 0.5) is 0 Å². The number of imidazole rings is 1. The number of H-pyrrole nitrogens is 1. The molecule has 0 aliphatic carbocycles. The van der Waals surface area contributed by atoms with E-state index in [4.69, 9.17) is 16.3 Å². The molecule has 0 spiro atoms. The molecule has 0 saturated heterocycles. The first kappa shape index (κ1) is 14.9. The van der Waals surface area contributed by atoms with E-state index < -0.39 is 0 Å². The van der Waals surface area contributed by atoms with Crippen LogP contribution in [0.3, 0.4) is 0 Å². The number of rotatable bonds is 8. The molecule has 2 rings (SSSR count). The van der Waals surface area contributed by atoms with Crippen LogP contribution < -0.4 is 4.74 Å². The van der Waals surface area contributed by atoms with Gasteiger partial charge in [0.05, 0.1) is 6.61 Å². The van der Waals surface area contributed by atoms with Crippen molar-refractivity contribution in [3.8, 4) is 5.75 Å². The second-order valence-electron chi connectivity index (χ2n) is 4.96. The summed E-state index contributed by atoms with van der Waals surface area (Å²) in [6.45, 7) is 2.76. The number of aromatic nitrogens is 2. The molecule has 3 nitrogen and oxygen atoms in total. The second kappa shape index (κ2) is 7.95. The van der Waals surface area contributed by atoms with Gasteiger partial charge >= 0.3 is 0 Å². The summed E-state index contributed by atoms with van der Waals surface area (Å²) in [5.74, 6) is 1.99. The number of ether oxygens (including phenoxy) is 1. The zero-order valence-corrected chi connectivity index (χ0v) is 12.6. The first-order valence-electron chi connectivity index (χ1n) is 7.13. The van der Waals surface area contributed by atoms with E-state index in [0.29, 0.717) is 0 Å². The molecule has 1 heterocycles. The van der Waals surface area contributed by atoms with Crippen molar-refractivity contribution in [3.63, 3.8) is 0 Å². The van der Waals surface area contributed by atoms with Gasteiger partial charge in [-0.2, -0.15) is 0 Å². The maximum absolute atomic E-state index is 5.98. The van der Waals surface area contributed by atoms with Gasteiger partial charge in [-0.1, -0.05) is 24.4 Å². The summed E-state index contributed by atoms with van der Waals surface area (Å²) >= 11 is 5.98. The van der Waals surface area contributed by atoms with Gasteiger partial charge in [-0.25, -0.2) is 4.98 Å². The third-order valence-electron chi connectivity index (χ3n) is 3.26. The zero-order valence-electron chi connectivity index (χ0n) is 11.9. The number of aryl methyl sites for hydroxylation is 2. The number of nitrogens with zero attached hydrogens (tertiary/aromatic N) is 1. The highest BCUT2D eigenvalue weighted by Gasteiger charge is 1.99. The first-order valence-corrected chi connectivity index (χ1v) is 7.51. The molecular weight excluding hydrogens is 272 g/mol. The highest BCUT2D eigenvalue weighted by Crippen LogP contribution is 2.21. The van der Waals surface area contributed by atoms with Crippen molar-refractivity contribution < 1.29 is 4.74 Å².